The lowest BCUT2D eigenvalue weighted by atomic mass is 9.98. The van der Waals surface area contributed by atoms with Crippen LogP contribution in [0.2, 0.25) is 0 Å². The van der Waals surface area contributed by atoms with E-state index >= 15 is 0 Å². The Kier molecular flexibility index (Phi) is 3.67. The molecule has 18 heavy (non-hydrogen) atoms. The van der Waals surface area contributed by atoms with Gasteiger partial charge < -0.3 is 9.53 Å². The number of allylic oxidation sites excluding steroid dienone is 1. The first-order chi connectivity index (χ1) is 8.77. The molecule has 0 aliphatic carbocycles. The number of hydrogen-bond acceptors (Lipinski definition) is 4. The zero-order valence-electron chi connectivity index (χ0n) is 9.78. The summed E-state index contributed by atoms with van der Waals surface area (Å²) in [4.78, 5) is 26.6. The lowest BCUT2D eigenvalue weighted by molar-refractivity contribution is -0.150. The molecule has 92 valence electrons. The number of carbonyl (C=O) groups is 2. The highest BCUT2D eigenvalue weighted by molar-refractivity contribution is 5.93. The van der Waals surface area contributed by atoms with Gasteiger partial charge in [0, 0.05) is 12.6 Å². The summed E-state index contributed by atoms with van der Waals surface area (Å²) in [6, 6.07) is 9.38. The number of carbonyl (C=O) groups excluding carboxylic acids is 2. The average molecular weight is 243 g/mol. The van der Waals surface area contributed by atoms with Crippen molar-refractivity contribution in [3.63, 3.8) is 0 Å². The van der Waals surface area contributed by atoms with Crippen LogP contribution >= 0.6 is 0 Å². The number of nitrogens with zero attached hydrogens (tertiary/aromatic N) is 1. The molecular formula is C14H13NO3. The molecule has 4 heteroatoms. The van der Waals surface area contributed by atoms with Crippen LogP contribution < -0.4 is 0 Å². The molecule has 0 saturated carbocycles. The van der Waals surface area contributed by atoms with Crippen LogP contribution in [0.4, 0.5) is 0 Å². The first-order valence-electron chi connectivity index (χ1n) is 5.65. The van der Waals surface area contributed by atoms with Gasteiger partial charge in [-0.05, 0) is 17.7 Å². The lowest BCUT2D eigenvalue weighted by Crippen LogP contribution is -2.35. The van der Waals surface area contributed by atoms with Gasteiger partial charge in [0.2, 0.25) is 0 Å². The van der Waals surface area contributed by atoms with E-state index in [1.807, 2.05) is 30.3 Å². The van der Waals surface area contributed by atoms with Crippen molar-refractivity contribution < 1.29 is 14.3 Å². The van der Waals surface area contributed by atoms with Crippen LogP contribution in [-0.2, 0) is 20.9 Å². The van der Waals surface area contributed by atoms with Crippen LogP contribution in [0.25, 0.3) is 0 Å². The molecule has 0 aromatic heterocycles. The first kappa shape index (κ1) is 12.2. The Labute approximate surface area is 105 Å². The van der Waals surface area contributed by atoms with E-state index in [0.29, 0.717) is 6.29 Å². The molecular weight excluding hydrogens is 230 g/mol. The molecule has 1 heterocycles. The van der Waals surface area contributed by atoms with Gasteiger partial charge in [-0.15, -0.1) is 0 Å². The van der Waals surface area contributed by atoms with Crippen molar-refractivity contribution in [1.82, 2.24) is 0 Å². The summed E-state index contributed by atoms with van der Waals surface area (Å²) >= 11 is 0. The van der Waals surface area contributed by atoms with E-state index < -0.39 is 11.5 Å². The summed E-state index contributed by atoms with van der Waals surface area (Å²) in [6.07, 6.45) is 5.43. The molecule has 1 aliphatic rings. The Morgan fingerprint density at radius 1 is 1.33 bits per heavy atom. The number of esters is 1. The minimum atomic E-state index is -1.16. The molecule has 0 saturated heterocycles. The smallest absolute Gasteiger partial charge is 0.338 e. The van der Waals surface area contributed by atoms with Gasteiger partial charge in [0.1, 0.15) is 12.9 Å². The van der Waals surface area contributed by atoms with Gasteiger partial charge in [0.05, 0.1) is 0 Å². The Hall–Kier alpha value is -2.23. The van der Waals surface area contributed by atoms with E-state index in [1.54, 1.807) is 12.2 Å². The summed E-state index contributed by atoms with van der Waals surface area (Å²) in [5.41, 5.74) is -0.255. The fourth-order valence-electron chi connectivity index (χ4n) is 1.72. The SMILES string of the molecule is O=CCC1(C(=O)OCc2ccccc2)C=CC=N1. The van der Waals surface area contributed by atoms with Crippen LogP contribution in [0.5, 0.6) is 0 Å². The molecule has 4 nitrogen and oxygen atoms in total. The second-order valence-electron chi connectivity index (χ2n) is 3.99. The maximum absolute atomic E-state index is 12.0. The minimum absolute atomic E-state index is 0.00756. The second-order valence-corrected chi connectivity index (χ2v) is 3.99. The van der Waals surface area contributed by atoms with Crippen molar-refractivity contribution in [2.24, 2.45) is 4.99 Å². The number of hydrogen-bond donors (Lipinski definition) is 0. The quantitative estimate of drug-likeness (QED) is 0.584. The Balaban J connectivity index is 2.01. The van der Waals surface area contributed by atoms with Crippen molar-refractivity contribution in [1.29, 1.82) is 0 Å². The van der Waals surface area contributed by atoms with E-state index in [1.165, 1.54) is 6.21 Å². The van der Waals surface area contributed by atoms with Gasteiger partial charge in [-0.25, -0.2) is 4.79 Å². The number of ether oxygens (including phenoxy) is 1. The van der Waals surface area contributed by atoms with Gasteiger partial charge in [-0.1, -0.05) is 30.3 Å². The predicted octanol–water partition coefficient (Wildman–Crippen LogP) is 1.70. The molecule has 0 fully saturated rings. The lowest BCUT2D eigenvalue weighted by Gasteiger charge is -2.19. The second kappa shape index (κ2) is 5.40. The summed E-state index contributed by atoms with van der Waals surface area (Å²) in [5.74, 6) is -0.497. The molecule has 0 N–H and O–H groups in total. The van der Waals surface area contributed by atoms with Gasteiger partial charge in [-0.2, -0.15) is 0 Å². The summed E-state index contributed by atoms with van der Waals surface area (Å²) in [7, 11) is 0. The van der Waals surface area contributed by atoms with Crippen LogP contribution in [0.1, 0.15) is 12.0 Å². The number of aldehydes is 1. The number of rotatable bonds is 5. The molecule has 0 spiro atoms. The Bertz CT molecular complexity index is 479. The highest BCUT2D eigenvalue weighted by atomic mass is 16.5. The largest absolute Gasteiger partial charge is 0.459 e. The molecule has 1 aliphatic heterocycles. The minimum Gasteiger partial charge on any atom is -0.459 e. The highest BCUT2D eigenvalue weighted by Gasteiger charge is 2.38. The van der Waals surface area contributed by atoms with Gasteiger partial charge in [-0.3, -0.25) is 4.99 Å². The van der Waals surface area contributed by atoms with Gasteiger partial charge >= 0.3 is 5.97 Å². The van der Waals surface area contributed by atoms with Crippen LogP contribution in [0, 0.1) is 0 Å². The van der Waals surface area contributed by atoms with Gasteiger partial charge in [0.15, 0.2) is 5.54 Å². The van der Waals surface area contributed by atoms with E-state index in [0.717, 1.165) is 5.56 Å². The van der Waals surface area contributed by atoms with E-state index in [9.17, 15) is 9.59 Å². The third kappa shape index (κ3) is 2.53. The average Bonchev–Trinajstić information content (AvgIpc) is 2.87. The number of benzene rings is 1. The third-order valence-electron chi connectivity index (χ3n) is 2.72. The Morgan fingerprint density at radius 3 is 2.72 bits per heavy atom. The fraction of sp³-hybridized carbons (Fsp3) is 0.214. The molecule has 1 unspecified atom stereocenters. The van der Waals surface area contributed by atoms with Crippen molar-refractivity contribution in [3.8, 4) is 0 Å². The maximum atomic E-state index is 12.0. The van der Waals surface area contributed by atoms with E-state index in [2.05, 4.69) is 4.99 Å². The molecule has 2 rings (SSSR count). The van der Waals surface area contributed by atoms with Crippen molar-refractivity contribution in [2.45, 2.75) is 18.6 Å². The van der Waals surface area contributed by atoms with Crippen LogP contribution in [-0.4, -0.2) is 24.0 Å². The molecule has 1 aromatic carbocycles. The summed E-state index contributed by atoms with van der Waals surface area (Å²) in [5, 5.41) is 0. The topological polar surface area (TPSA) is 55.7 Å². The van der Waals surface area contributed by atoms with Crippen LogP contribution in [0.15, 0.2) is 47.5 Å². The third-order valence-corrected chi connectivity index (χ3v) is 2.72. The Morgan fingerprint density at radius 2 is 2.11 bits per heavy atom. The predicted molar refractivity (Wildman–Crippen MR) is 67.3 cm³/mol. The molecule has 1 aromatic rings. The molecule has 0 radical (unpaired) electrons. The summed E-state index contributed by atoms with van der Waals surface area (Å²) in [6.45, 7) is 0.184. The molecule has 1 atom stereocenters. The van der Waals surface area contributed by atoms with Crippen molar-refractivity contribution >= 4 is 18.5 Å². The zero-order valence-corrected chi connectivity index (χ0v) is 9.78. The maximum Gasteiger partial charge on any atom is 0.338 e. The monoisotopic (exact) mass is 243 g/mol. The number of aliphatic imine (C=N–C) groups is 1. The molecule has 0 bridgehead atoms. The zero-order chi connectivity index (χ0) is 12.8. The van der Waals surface area contributed by atoms with E-state index in [-0.39, 0.29) is 13.0 Å². The highest BCUT2D eigenvalue weighted by Crippen LogP contribution is 2.23. The summed E-state index contributed by atoms with van der Waals surface area (Å²) < 4.78 is 5.21. The van der Waals surface area contributed by atoms with Gasteiger partial charge in [0.25, 0.3) is 0 Å². The fourth-order valence-corrected chi connectivity index (χ4v) is 1.72. The van der Waals surface area contributed by atoms with Crippen molar-refractivity contribution in [2.75, 3.05) is 0 Å². The van der Waals surface area contributed by atoms with E-state index in [4.69, 9.17) is 4.74 Å². The standard InChI is InChI=1S/C14H13NO3/c16-10-8-14(7-4-9-15-14)13(17)18-11-12-5-2-1-3-6-12/h1-7,9-10H,8,11H2. The normalized spacial score (nSPS) is 20.9. The first-order valence-corrected chi connectivity index (χ1v) is 5.65. The van der Waals surface area contributed by atoms with Crippen molar-refractivity contribution in [3.05, 3.63) is 48.0 Å². The molecule has 0 amide bonds. The van der Waals surface area contributed by atoms with Crippen LogP contribution in [0.3, 0.4) is 0 Å².